The van der Waals surface area contributed by atoms with Gasteiger partial charge in [-0.1, -0.05) is 46.4 Å². The molecule has 2 heteroatoms. The maximum Gasteiger partial charge on any atom is 0.224 e. The third-order valence-corrected chi connectivity index (χ3v) is 1.82. The minimum absolute atomic E-state index is 0.0914. The Morgan fingerprint density at radius 3 is 2.19 bits per heavy atom. The van der Waals surface area contributed by atoms with Crippen LogP contribution >= 0.6 is 0 Å². The molecule has 0 saturated heterocycles. The van der Waals surface area contributed by atoms with Gasteiger partial charge in [0.05, 0.1) is 0 Å². The van der Waals surface area contributed by atoms with Gasteiger partial charge in [0.1, 0.15) is 0 Å². The van der Waals surface area contributed by atoms with Crippen LogP contribution in [0, 0.1) is 0 Å². The average Bonchev–Trinajstić information content (AvgIpc) is 2.35. The van der Waals surface area contributed by atoms with Crippen LogP contribution in [0.3, 0.4) is 0 Å². The zero-order valence-electron chi connectivity index (χ0n) is 11.3. The molecule has 0 fully saturated rings. The Hall–Kier alpha value is -1.31. The van der Waals surface area contributed by atoms with Crippen molar-refractivity contribution >= 4 is 5.91 Å². The maximum absolute atomic E-state index is 11.0. The first kappa shape index (κ1) is 17.1. The molecule has 1 aliphatic heterocycles. The lowest BCUT2D eigenvalue weighted by Crippen LogP contribution is -2.26. The SMILES string of the molecule is C=CC1=C(/C=C\C)NC(=O)CC1.CC.CC. The van der Waals surface area contributed by atoms with Crippen molar-refractivity contribution in [2.24, 2.45) is 0 Å². The van der Waals surface area contributed by atoms with E-state index in [0.717, 1.165) is 17.7 Å². The highest BCUT2D eigenvalue weighted by Gasteiger charge is 2.12. The van der Waals surface area contributed by atoms with Crippen LogP contribution in [0.15, 0.2) is 36.1 Å². The fourth-order valence-corrected chi connectivity index (χ4v) is 1.20. The Morgan fingerprint density at radius 1 is 1.19 bits per heavy atom. The molecule has 0 saturated carbocycles. The number of hydrogen-bond donors (Lipinski definition) is 1. The Labute approximate surface area is 100 Å². The molecule has 1 rings (SSSR count). The van der Waals surface area contributed by atoms with E-state index in [4.69, 9.17) is 0 Å². The van der Waals surface area contributed by atoms with Gasteiger partial charge in [-0.15, -0.1) is 0 Å². The molecule has 0 bridgehead atoms. The molecule has 0 radical (unpaired) electrons. The zero-order valence-corrected chi connectivity index (χ0v) is 11.3. The van der Waals surface area contributed by atoms with Gasteiger partial charge in [-0.3, -0.25) is 4.79 Å². The average molecular weight is 223 g/mol. The summed E-state index contributed by atoms with van der Waals surface area (Å²) in [4.78, 5) is 11.0. The van der Waals surface area contributed by atoms with Gasteiger partial charge in [-0.05, 0) is 25.0 Å². The van der Waals surface area contributed by atoms with Crippen LogP contribution in [0.25, 0.3) is 0 Å². The van der Waals surface area contributed by atoms with E-state index < -0.39 is 0 Å². The number of carbonyl (C=O) groups is 1. The summed E-state index contributed by atoms with van der Waals surface area (Å²) in [5.41, 5.74) is 2.01. The van der Waals surface area contributed by atoms with Gasteiger partial charge in [0.15, 0.2) is 0 Å². The van der Waals surface area contributed by atoms with Gasteiger partial charge in [-0.2, -0.15) is 0 Å². The molecule has 0 atom stereocenters. The molecule has 0 aromatic carbocycles. The van der Waals surface area contributed by atoms with Gasteiger partial charge in [0, 0.05) is 12.1 Å². The molecule has 92 valence electrons. The van der Waals surface area contributed by atoms with Crippen LogP contribution in [-0.4, -0.2) is 5.91 Å². The number of rotatable bonds is 2. The summed E-state index contributed by atoms with van der Waals surface area (Å²) in [6, 6.07) is 0. The summed E-state index contributed by atoms with van der Waals surface area (Å²) in [5.74, 6) is 0.0914. The van der Waals surface area contributed by atoms with Gasteiger partial charge in [0.25, 0.3) is 0 Å². The molecule has 0 aromatic rings. The van der Waals surface area contributed by atoms with Crippen LogP contribution < -0.4 is 5.32 Å². The van der Waals surface area contributed by atoms with Gasteiger partial charge < -0.3 is 5.32 Å². The highest BCUT2D eigenvalue weighted by atomic mass is 16.1. The second kappa shape index (κ2) is 11.8. The number of hydrogen-bond acceptors (Lipinski definition) is 1. The van der Waals surface area contributed by atoms with E-state index in [1.165, 1.54) is 0 Å². The third-order valence-electron chi connectivity index (χ3n) is 1.82. The smallest absolute Gasteiger partial charge is 0.224 e. The molecule has 0 aliphatic carbocycles. The zero-order chi connectivity index (χ0) is 13.0. The standard InChI is InChI=1S/C10H13NO.2C2H6/c1-3-5-9-8(4-2)6-7-10(12)11-9;2*1-2/h3-5H,2,6-7H2,1H3,(H,11,12);2*1-2H3/b5-3-;;. The van der Waals surface area contributed by atoms with Crippen molar-refractivity contribution in [2.45, 2.75) is 47.5 Å². The van der Waals surface area contributed by atoms with Crippen LogP contribution in [0.2, 0.25) is 0 Å². The molecule has 0 aromatic heterocycles. The van der Waals surface area contributed by atoms with Gasteiger partial charge in [-0.25, -0.2) is 0 Å². The molecule has 2 nitrogen and oxygen atoms in total. The first-order valence-electron chi connectivity index (χ1n) is 6.06. The van der Waals surface area contributed by atoms with Gasteiger partial charge >= 0.3 is 0 Å². The van der Waals surface area contributed by atoms with Crippen molar-refractivity contribution in [1.29, 1.82) is 0 Å². The largest absolute Gasteiger partial charge is 0.326 e. The van der Waals surface area contributed by atoms with E-state index in [1.807, 2.05) is 46.8 Å². The third kappa shape index (κ3) is 6.23. The van der Waals surface area contributed by atoms with Crippen molar-refractivity contribution in [2.75, 3.05) is 0 Å². The first-order chi connectivity index (χ1) is 7.77. The molecular formula is C14H25NO. The summed E-state index contributed by atoms with van der Waals surface area (Å²) in [7, 11) is 0. The van der Waals surface area contributed by atoms with Crippen LogP contribution in [0.5, 0.6) is 0 Å². The molecule has 1 heterocycles. The van der Waals surface area contributed by atoms with E-state index in [9.17, 15) is 4.79 Å². The maximum atomic E-state index is 11.0. The van der Waals surface area contributed by atoms with E-state index in [-0.39, 0.29) is 5.91 Å². The summed E-state index contributed by atoms with van der Waals surface area (Å²) in [6.45, 7) is 13.6. The van der Waals surface area contributed by atoms with Crippen molar-refractivity contribution in [3.05, 3.63) is 36.1 Å². The number of amides is 1. The normalized spacial score (nSPS) is 14.4. The van der Waals surface area contributed by atoms with E-state index >= 15 is 0 Å². The number of allylic oxidation sites excluding steroid dienone is 4. The van der Waals surface area contributed by atoms with Gasteiger partial charge in [0.2, 0.25) is 5.91 Å². The molecule has 1 N–H and O–H groups in total. The summed E-state index contributed by atoms with van der Waals surface area (Å²) < 4.78 is 0. The Bertz CT molecular complexity index is 262. The molecule has 1 amide bonds. The monoisotopic (exact) mass is 223 g/mol. The van der Waals surface area contributed by atoms with Crippen molar-refractivity contribution in [1.82, 2.24) is 5.32 Å². The first-order valence-corrected chi connectivity index (χ1v) is 6.06. The summed E-state index contributed by atoms with van der Waals surface area (Å²) in [6.07, 6.45) is 6.98. The molecule has 0 spiro atoms. The number of carbonyl (C=O) groups excluding carboxylic acids is 1. The van der Waals surface area contributed by atoms with E-state index in [1.54, 1.807) is 6.08 Å². The van der Waals surface area contributed by atoms with Crippen LogP contribution in [0.1, 0.15) is 47.5 Å². The second-order valence-electron chi connectivity index (χ2n) is 2.69. The lowest BCUT2D eigenvalue weighted by atomic mass is 10.0. The second-order valence-corrected chi connectivity index (χ2v) is 2.69. The van der Waals surface area contributed by atoms with Crippen LogP contribution in [0.4, 0.5) is 0 Å². The quantitative estimate of drug-likeness (QED) is 0.754. The predicted molar refractivity (Wildman–Crippen MR) is 72.1 cm³/mol. The fourth-order valence-electron chi connectivity index (χ4n) is 1.20. The molecule has 1 aliphatic rings. The molecule has 16 heavy (non-hydrogen) atoms. The summed E-state index contributed by atoms with van der Waals surface area (Å²) in [5, 5.41) is 2.80. The molecular weight excluding hydrogens is 198 g/mol. The lowest BCUT2D eigenvalue weighted by Gasteiger charge is -2.16. The molecule has 0 unspecified atom stereocenters. The lowest BCUT2D eigenvalue weighted by molar-refractivity contribution is -0.120. The topological polar surface area (TPSA) is 29.1 Å². The Balaban J connectivity index is 0. The minimum Gasteiger partial charge on any atom is -0.326 e. The Kier molecular flexibility index (Phi) is 12.6. The highest BCUT2D eigenvalue weighted by Crippen LogP contribution is 2.16. The predicted octanol–water partition coefficient (Wildman–Crippen LogP) is 3.97. The van der Waals surface area contributed by atoms with E-state index in [0.29, 0.717) is 6.42 Å². The fraction of sp³-hybridized carbons (Fsp3) is 0.500. The van der Waals surface area contributed by atoms with Crippen molar-refractivity contribution < 1.29 is 4.79 Å². The van der Waals surface area contributed by atoms with Crippen molar-refractivity contribution in [3.63, 3.8) is 0 Å². The minimum atomic E-state index is 0.0914. The van der Waals surface area contributed by atoms with Crippen molar-refractivity contribution in [3.8, 4) is 0 Å². The van der Waals surface area contributed by atoms with Crippen LogP contribution in [-0.2, 0) is 4.79 Å². The summed E-state index contributed by atoms with van der Waals surface area (Å²) >= 11 is 0. The Morgan fingerprint density at radius 2 is 1.75 bits per heavy atom. The van der Waals surface area contributed by atoms with E-state index in [2.05, 4.69) is 11.9 Å². The number of nitrogens with one attached hydrogen (secondary N) is 1. The highest BCUT2D eigenvalue weighted by molar-refractivity contribution is 5.80.